The van der Waals surface area contributed by atoms with E-state index in [-0.39, 0.29) is 17.6 Å². The fourth-order valence-electron chi connectivity index (χ4n) is 3.50. The lowest BCUT2D eigenvalue weighted by Crippen LogP contribution is -2.21. The standard InChI is InChI=1S/C24H26ClN5O4S2/c1-15(2)18-14-35-23(26-18)22-27-28-24(30(22)21-19(33-3)6-5-7-20(21)34-4)29-36(31,32)13-12-16-8-10-17(25)11-9-16/h5-11,14-15H,12-13H2,1-4H3,(H,28,29). The van der Waals surface area contributed by atoms with E-state index in [1.54, 1.807) is 47.0 Å². The lowest BCUT2D eigenvalue weighted by Gasteiger charge is -2.17. The van der Waals surface area contributed by atoms with Gasteiger partial charge in [0.15, 0.2) is 10.8 Å². The van der Waals surface area contributed by atoms with Crippen LogP contribution in [-0.4, -0.2) is 48.1 Å². The summed E-state index contributed by atoms with van der Waals surface area (Å²) in [6.07, 6.45) is 0.301. The quantitative estimate of drug-likeness (QED) is 0.292. The number of anilines is 1. The Labute approximate surface area is 219 Å². The summed E-state index contributed by atoms with van der Waals surface area (Å²) in [5.74, 6) is 1.35. The first-order chi connectivity index (χ1) is 17.2. The predicted octanol–water partition coefficient (Wildman–Crippen LogP) is 5.17. The number of hydrogen-bond donors (Lipinski definition) is 1. The average Bonchev–Trinajstić information content (AvgIpc) is 3.50. The van der Waals surface area contributed by atoms with Gasteiger partial charge in [-0.15, -0.1) is 21.5 Å². The Hall–Kier alpha value is -3.15. The van der Waals surface area contributed by atoms with Crippen LogP contribution in [0.15, 0.2) is 47.8 Å². The van der Waals surface area contributed by atoms with Gasteiger partial charge in [0.1, 0.15) is 17.2 Å². The van der Waals surface area contributed by atoms with Crippen molar-refractivity contribution in [2.24, 2.45) is 0 Å². The van der Waals surface area contributed by atoms with E-state index in [9.17, 15) is 8.42 Å². The first-order valence-corrected chi connectivity index (χ1v) is 14.0. The Kier molecular flexibility index (Phi) is 7.82. The van der Waals surface area contributed by atoms with Gasteiger partial charge in [-0.25, -0.2) is 13.4 Å². The second-order valence-corrected chi connectivity index (χ2v) is 11.4. The van der Waals surface area contributed by atoms with Gasteiger partial charge < -0.3 is 9.47 Å². The molecule has 0 atom stereocenters. The molecule has 0 amide bonds. The van der Waals surface area contributed by atoms with Crippen molar-refractivity contribution >= 4 is 38.9 Å². The Bertz CT molecular complexity index is 1430. The summed E-state index contributed by atoms with van der Waals surface area (Å²) in [6.45, 7) is 4.10. The highest BCUT2D eigenvalue weighted by Gasteiger charge is 2.26. The maximum atomic E-state index is 13.1. The van der Waals surface area contributed by atoms with Gasteiger partial charge in [-0.1, -0.05) is 43.6 Å². The summed E-state index contributed by atoms with van der Waals surface area (Å²) < 4.78 is 41.5. The van der Waals surface area contributed by atoms with Crippen molar-refractivity contribution in [3.05, 3.63) is 64.1 Å². The van der Waals surface area contributed by atoms with E-state index in [1.807, 2.05) is 19.2 Å². The Morgan fingerprint density at radius 1 is 1.06 bits per heavy atom. The molecule has 4 aromatic rings. The third kappa shape index (κ3) is 5.63. The third-order valence-electron chi connectivity index (χ3n) is 5.41. The molecule has 0 unspecified atom stereocenters. The molecule has 0 spiro atoms. The minimum absolute atomic E-state index is 0.00482. The number of aryl methyl sites for hydroxylation is 1. The van der Waals surface area contributed by atoms with Crippen LogP contribution in [0, 0.1) is 0 Å². The van der Waals surface area contributed by atoms with Crippen molar-refractivity contribution in [1.82, 2.24) is 19.7 Å². The summed E-state index contributed by atoms with van der Waals surface area (Å²) in [6, 6.07) is 12.3. The van der Waals surface area contributed by atoms with Gasteiger partial charge >= 0.3 is 0 Å². The molecule has 2 aromatic heterocycles. The fourth-order valence-corrected chi connectivity index (χ4v) is 5.60. The maximum Gasteiger partial charge on any atom is 0.243 e. The molecule has 0 aliphatic carbocycles. The van der Waals surface area contributed by atoms with Crippen molar-refractivity contribution in [3.8, 4) is 28.0 Å². The normalized spacial score (nSPS) is 11.6. The van der Waals surface area contributed by atoms with Crippen molar-refractivity contribution < 1.29 is 17.9 Å². The fraction of sp³-hybridized carbons (Fsp3) is 0.292. The summed E-state index contributed by atoms with van der Waals surface area (Å²) in [7, 11) is -0.742. The number of methoxy groups -OCH3 is 2. The molecule has 0 aliphatic heterocycles. The molecular weight excluding hydrogens is 522 g/mol. The minimum atomic E-state index is -3.79. The number of thiazole rings is 1. The molecule has 1 N–H and O–H groups in total. The number of aromatic nitrogens is 4. The van der Waals surface area contributed by atoms with Crippen LogP contribution in [0.2, 0.25) is 5.02 Å². The largest absolute Gasteiger partial charge is 0.494 e. The van der Waals surface area contributed by atoms with Gasteiger partial charge in [0.2, 0.25) is 16.0 Å². The molecule has 0 aliphatic rings. The maximum absolute atomic E-state index is 13.1. The molecule has 0 fully saturated rings. The highest BCUT2D eigenvalue weighted by Crippen LogP contribution is 2.38. The Morgan fingerprint density at radius 2 is 1.72 bits per heavy atom. The molecule has 36 heavy (non-hydrogen) atoms. The third-order valence-corrected chi connectivity index (χ3v) is 7.76. The number of halogens is 1. The van der Waals surface area contributed by atoms with Crippen LogP contribution in [0.3, 0.4) is 0 Å². The van der Waals surface area contributed by atoms with E-state index in [1.165, 1.54) is 25.6 Å². The van der Waals surface area contributed by atoms with E-state index in [0.29, 0.717) is 39.5 Å². The highest BCUT2D eigenvalue weighted by molar-refractivity contribution is 7.92. The average molecular weight is 548 g/mol. The minimum Gasteiger partial charge on any atom is -0.494 e. The highest BCUT2D eigenvalue weighted by atomic mass is 35.5. The van der Waals surface area contributed by atoms with Gasteiger partial charge in [0.25, 0.3) is 0 Å². The van der Waals surface area contributed by atoms with E-state index < -0.39 is 10.0 Å². The number of hydrogen-bond acceptors (Lipinski definition) is 8. The van der Waals surface area contributed by atoms with Crippen LogP contribution in [-0.2, 0) is 16.4 Å². The number of nitrogens with zero attached hydrogens (tertiary/aromatic N) is 4. The zero-order chi connectivity index (χ0) is 25.9. The van der Waals surface area contributed by atoms with E-state index in [4.69, 9.17) is 26.1 Å². The predicted molar refractivity (Wildman–Crippen MR) is 142 cm³/mol. The summed E-state index contributed by atoms with van der Waals surface area (Å²) >= 11 is 7.33. The topological polar surface area (TPSA) is 108 Å². The van der Waals surface area contributed by atoms with Gasteiger partial charge in [-0.3, -0.25) is 9.29 Å². The van der Waals surface area contributed by atoms with Crippen LogP contribution >= 0.6 is 22.9 Å². The smallest absolute Gasteiger partial charge is 0.243 e. The molecule has 0 bridgehead atoms. The molecule has 4 rings (SSSR count). The van der Waals surface area contributed by atoms with Gasteiger partial charge in [-0.05, 0) is 42.2 Å². The molecule has 2 heterocycles. The summed E-state index contributed by atoms with van der Waals surface area (Å²) in [5, 5.41) is 11.6. The van der Waals surface area contributed by atoms with Crippen molar-refractivity contribution in [2.45, 2.75) is 26.2 Å². The van der Waals surface area contributed by atoms with Crippen LogP contribution < -0.4 is 14.2 Å². The summed E-state index contributed by atoms with van der Waals surface area (Å²) in [5.41, 5.74) is 2.21. The first-order valence-electron chi connectivity index (χ1n) is 11.1. The van der Waals surface area contributed by atoms with Crippen molar-refractivity contribution in [1.29, 1.82) is 0 Å². The van der Waals surface area contributed by atoms with Crippen molar-refractivity contribution in [3.63, 3.8) is 0 Å². The monoisotopic (exact) mass is 547 g/mol. The van der Waals surface area contributed by atoms with Gasteiger partial charge in [0.05, 0.1) is 25.7 Å². The van der Waals surface area contributed by atoms with Crippen LogP contribution in [0.4, 0.5) is 5.95 Å². The zero-order valence-corrected chi connectivity index (χ0v) is 22.6. The van der Waals surface area contributed by atoms with Crippen molar-refractivity contribution in [2.75, 3.05) is 24.7 Å². The number of para-hydroxylation sites is 1. The van der Waals surface area contributed by atoms with Gasteiger partial charge in [0, 0.05) is 10.4 Å². The van der Waals surface area contributed by atoms with Crippen LogP contribution in [0.1, 0.15) is 31.0 Å². The Morgan fingerprint density at radius 3 is 2.31 bits per heavy atom. The van der Waals surface area contributed by atoms with E-state index in [0.717, 1.165) is 11.3 Å². The van der Waals surface area contributed by atoms with Gasteiger partial charge in [-0.2, -0.15) is 0 Å². The lowest BCUT2D eigenvalue weighted by molar-refractivity contribution is 0.391. The molecule has 0 radical (unpaired) electrons. The SMILES string of the molecule is COc1cccc(OC)c1-n1c(NS(=O)(=O)CCc2ccc(Cl)cc2)nnc1-c1nc(C(C)C)cs1. The molecule has 0 saturated heterocycles. The number of ether oxygens (including phenoxy) is 2. The summed E-state index contributed by atoms with van der Waals surface area (Å²) in [4.78, 5) is 4.70. The second-order valence-electron chi connectivity index (χ2n) is 8.22. The van der Waals surface area contributed by atoms with E-state index >= 15 is 0 Å². The number of rotatable bonds is 10. The molecule has 2 aromatic carbocycles. The molecule has 0 saturated carbocycles. The molecule has 12 heteroatoms. The number of sulfonamides is 1. The molecule has 190 valence electrons. The van der Waals surface area contributed by atoms with Crippen LogP contribution in [0.25, 0.3) is 16.5 Å². The zero-order valence-electron chi connectivity index (χ0n) is 20.2. The first kappa shape index (κ1) is 25.9. The number of benzene rings is 2. The van der Waals surface area contributed by atoms with E-state index in [2.05, 4.69) is 14.9 Å². The molecule has 9 nitrogen and oxygen atoms in total. The Balaban J connectivity index is 1.77. The second kappa shape index (κ2) is 10.9. The lowest BCUT2D eigenvalue weighted by atomic mass is 10.2. The number of nitrogens with one attached hydrogen (secondary N) is 1. The molecular formula is C24H26ClN5O4S2. The van der Waals surface area contributed by atoms with Crippen LogP contribution in [0.5, 0.6) is 11.5 Å².